The van der Waals surface area contributed by atoms with E-state index in [4.69, 9.17) is 9.84 Å². The van der Waals surface area contributed by atoms with Crippen molar-refractivity contribution < 1.29 is 4.74 Å². The standard InChI is InChI=1S/C17H22N2O/c1-3-14-11-15(4-2)19(18-14)12-17-16-8-6-5-7-13(16)9-10-20-17/h5-8,11,17H,3-4,9-10,12H2,1-2H3. The van der Waals surface area contributed by atoms with E-state index in [0.29, 0.717) is 0 Å². The number of aromatic nitrogens is 2. The Bertz CT molecular complexity index is 588. The number of ether oxygens (including phenoxy) is 1. The Hall–Kier alpha value is -1.61. The summed E-state index contributed by atoms with van der Waals surface area (Å²) in [4.78, 5) is 0. The van der Waals surface area contributed by atoms with E-state index in [-0.39, 0.29) is 6.10 Å². The molecule has 1 atom stereocenters. The van der Waals surface area contributed by atoms with Crippen LogP contribution in [-0.4, -0.2) is 16.4 Å². The zero-order chi connectivity index (χ0) is 13.9. The van der Waals surface area contributed by atoms with Gasteiger partial charge in [-0.25, -0.2) is 0 Å². The van der Waals surface area contributed by atoms with Crippen molar-refractivity contribution in [3.63, 3.8) is 0 Å². The summed E-state index contributed by atoms with van der Waals surface area (Å²) in [6, 6.07) is 10.8. The summed E-state index contributed by atoms with van der Waals surface area (Å²) >= 11 is 0. The van der Waals surface area contributed by atoms with Gasteiger partial charge in [0.25, 0.3) is 0 Å². The minimum Gasteiger partial charge on any atom is -0.371 e. The number of nitrogens with zero attached hydrogens (tertiary/aromatic N) is 2. The zero-order valence-electron chi connectivity index (χ0n) is 12.3. The molecule has 0 N–H and O–H groups in total. The molecule has 3 nitrogen and oxygen atoms in total. The van der Waals surface area contributed by atoms with Gasteiger partial charge in [-0.15, -0.1) is 0 Å². The van der Waals surface area contributed by atoms with Gasteiger partial charge in [0.05, 0.1) is 18.8 Å². The molecule has 0 bridgehead atoms. The van der Waals surface area contributed by atoms with Crippen LogP contribution in [0.25, 0.3) is 0 Å². The number of hydrogen-bond donors (Lipinski definition) is 0. The second kappa shape index (κ2) is 5.80. The molecule has 20 heavy (non-hydrogen) atoms. The molecule has 3 rings (SSSR count). The minimum absolute atomic E-state index is 0.134. The predicted molar refractivity (Wildman–Crippen MR) is 79.8 cm³/mol. The molecule has 3 heteroatoms. The van der Waals surface area contributed by atoms with Gasteiger partial charge in [-0.1, -0.05) is 38.1 Å². The number of hydrogen-bond acceptors (Lipinski definition) is 2. The van der Waals surface area contributed by atoms with Crippen LogP contribution in [-0.2, 0) is 30.5 Å². The van der Waals surface area contributed by atoms with Crippen molar-refractivity contribution >= 4 is 0 Å². The van der Waals surface area contributed by atoms with Crippen molar-refractivity contribution in [1.82, 2.24) is 9.78 Å². The highest BCUT2D eigenvalue weighted by Crippen LogP contribution is 2.28. The average molecular weight is 270 g/mol. The fraction of sp³-hybridized carbons (Fsp3) is 0.471. The van der Waals surface area contributed by atoms with Crippen LogP contribution in [0.3, 0.4) is 0 Å². The van der Waals surface area contributed by atoms with Gasteiger partial charge in [0.2, 0.25) is 0 Å². The quantitative estimate of drug-likeness (QED) is 0.852. The van der Waals surface area contributed by atoms with E-state index in [9.17, 15) is 0 Å². The maximum Gasteiger partial charge on any atom is 0.102 e. The fourth-order valence-corrected chi connectivity index (χ4v) is 2.92. The Labute approximate surface area is 120 Å². The highest BCUT2D eigenvalue weighted by Gasteiger charge is 2.22. The first-order chi connectivity index (χ1) is 9.81. The summed E-state index contributed by atoms with van der Waals surface area (Å²) in [5.74, 6) is 0. The Morgan fingerprint density at radius 3 is 2.90 bits per heavy atom. The van der Waals surface area contributed by atoms with Gasteiger partial charge in [-0.05, 0) is 36.5 Å². The summed E-state index contributed by atoms with van der Waals surface area (Å²) in [7, 11) is 0. The molecule has 0 aliphatic carbocycles. The van der Waals surface area contributed by atoms with Crippen LogP contribution >= 0.6 is 0 Å². The Balaban J connectivity index is 1.87. The van der Waals surface area contributed by atoms with Crippen molar-refractivity contribution in [2.24, 2.45) is 0 Å². The summed E-state index contributed by atoms with van der Waals surface area (Å²) in [6.45, 7) is 5.96. The third kappa shape index (κ3) is 2.50. The molecular formula is C17H22N2O. The minimum atomic E-state index is 0.134. The molecule has 1 aromatic carbocycles. The van der Waals surface area contributed by atoms with Gasteiger partial charge in [0.1, 0.15) is 6.10 Å². The SMILES string of the molecule is CCc1cc(CC)n(CC2OCCc3ccccc32)n1. The molecule has 0 saturated carbocycles. The van der Waals surface area contributed by atoms with Crippen molar-refractivity contribution in [3.8, 4) is 0 Å². The summed E-state index contributed by atoms with van der Waals surface area (Å²) in [5.41, 5.74) is 5.22. The molecular weight excluding hydrogens is 248 g/mol. The van der Waals surface area contributed by atoms with E-state index < -0.39 is 0 Å². The van der Waals surface area contributed by atoms with E-state index in [2.05, 4.69) is 48.9 Å². The van der Waals surface area contributed by atoms with Gasteiger partial charge in [0.15, 0.2) is 0 Å². The summed E-state index contributed by atoms with van der Waals surface area (Å²) in [6.07, 6.45) is 3.16. The van der Waals surface area contributed by atoms with Crippen molar-refractivity contribution in [3.05, 3.63) is 52.8 Å². The Kier molecular flexibility index (Phi) is 3.88. The zero-order valence-corrected chi connectivity index (χ0v) is 12.3. The lowest BCUT2D eigenvalue weighted by Crippen LogP contribution is -2.22. The summed E-state index contributed by atoms with van der Waals surface area (Å²) in [5, 5.41) is 4.70. The third-order valence-electron chi connectivity index (χ3n) is 4.07. The van der Waals surface area contributed by atoms with Crippen molar-refractivity contribution in [1.29, 1.82) is 0 Å². The summed E-state index contributed by atoms with van der Waals surface area (Å²) < 4.78 is 8.12. The lowest BCUT2D eigenvalue weighted by Gasteiger charge is -2.26. The molecule has 1 aromatic heterocycles. The van der Waals surface area contributed by atoms with Gasteiger partial charge in [0, 0.05) is 5.69 Å². The highest BCUT2D eigenvalue weighted by molar-refractivity contribution is 5.31. The molecule has 0 spiro atoms. The number of rotatable bonds is 4. The van der Waals surface area contributed by atoms with E-state index in [0.717, 1.165) is 32.4 Å². The first-order valence-electron chi connectivity index (χ1n) is 7.56. The van der Waals surface area contributed by atoms with Crippen LogP contribution in [0.5, 0.6) is 0 Å². The van der Waals surface area contributed by atoms with E-state index in [1.165, 1.54) is 22.5 Å². The lowest BCUT2D eigenvalue weighted by atomic mass is 9.97. The predicted octanol–water partition coefficient (Wildman–Crippen LogP) is 3.32. The van der Waals surface area contributed by atoms with E-state index >= 15 is 0 Å². The molecule has 0 fully saturated rings. The second-order valence-corrected chi connectivity index (χ2v) is 5.32. The fourth-order valence-electron chi connectivity index (χ4n) is 2.92. The Morgan fingerprint density at radius 1 is 1.25 bits per heavy atom. The first kappa shape index (κ1) is 13.4. The van der Waals surface area contributed by atoms with Crippen LogP contribution in [0.15, 0.2) is 30.3 Å². The van der Waals surface area contributed by atoms with Crippen LogP contribution in [0.2, 0.25) is 0 Å². The number of aryl methyl sites for hydroxylation is 2. The molecule has 1 unspecified atom stereocenters. The van der Waals surface area contributed by atoms with Crippen LogP contribution < -0.4 is 0 Å². The monoisotopic (exact) mass is 270 g/mol. The Morgan fingerprint density at radius 2 is 2.10 bits per heavy atom. The normalized spacial score (nSPS) is 18.0. The highest BCUT2D eigenvalue weighted by atomic mass is 16.5. The molecule has 1 aliphatic heterocycles. The molecule has 2 aromatic rings. The molecule has 0 radical (unpaired) electrons. The number of benzene rings is 1. The molecule has 106 valence electrons. The molecule has 0 saturated heterocycles. The molecule has 2 heterocycles. The maximum absolute atomic E-state index is 5.99. The molecule has 1 aliphatic rings. The maximum atomic E-state index is 5.99. The van der Waals surface area contributed by atoms with Crippen LogP contribution in [0.4, 0.5) is 0 Å². The van der Waals surface area contributed by atoms with Crippen LogP contribution in [0.1, 0.15) is 42.5 Å². The van der Waals surface area contributed by atoms with Gasteiger partial charge in [-0.3, -0.25) is 4.68 Å². The van der Waals surface area contributed by atoms with Crippen LogP contribution in [0, 0.1) is 0 Å². The lowest BCUT2D eigenvalue weighted by molar-refractivity contribution is 0.0277. The second-order valence-electron chi connectivity index (χ2n) is 5.32. The van der Waals surface area contributed by atoms with E-state index in [1.807, 2.05) is 0 Å². The van der Waals surface area contributed by atoms with Gasteiger partial charge < -0.3 is 4.74 Å². The molecule has 0 amide bonds. The van der Waals surface area contributed by atoms with Gasteiger partial charge in [-0.2, -0.15) is 5.10 Å². The number of fused-ring (bicyclic) bond motifs is 1. The largest absolute Gasteiger partial charge is 0.371 e. The third-order valence-corrected chi connectivity index (χ3v) is 4.07. The smallest absolute Gasteiger partial charge is 0.102 e. The van der Waals surface area contributed by atoms with Crippen molar-refractivity contribution in [2.45, 2.75) is 45.8 Å². The average Bonchev–Trinajstić information content (AvgIpc) is 2.90. The first-order valence-corrected chi connectivity index (χ1v) is 7.56. The van der Waals surface area contributed by atoms with Gasteiger partial charge >= 0.3 is 0 Å². The topological polar surface area (TPSA) is 27.1 Å². The van der Waals surface area contributed by atoms with E-state index in [1.54, 1.807) is 0 Å². The van der Waals surface area contributed by atoms with Crippen molar-refractivity contribution in [2.75, 3.05) is 6.61 Å².